The van der Waals surface area contributed by atoms with Crippen molar-refractivity contribution in [2.24, 2.45) is 5.14 Å². The number of carbonyl (C=O) groups excluding carboxylic acids is 1. The number of amides is 1. The zero-order valence-corrected chi connectivity index (χ0v) is 11.3. The van der Waals surface area contributed by atoms with Gasteiger partial charge < -0.3 is 10.1 Å². The summed E-state index contributed by atoms with van der Waals surface area (Å²) >= 11 is 0. The van der Waals surface area contributed by atoms with Crippen molar-refractivity contribution in [1.29, 1.82) is 0 Å². The van der Waals surface area contributed by atoms with Gasteiger partial charge in [-0.05, 0) is 31.9 Å². The molecule has 19 heavy (non-hydrogen) atoms. The summed E-state index contributed by atoms with van der Waals surface area (Å²) in [5.74, 6) is -0.347. The molecular formula is C12H16N2O4S. The van der Waals surface area contributed by atoms with Crippen LogP contribution < -0.4 is 10.5 Å². The van der Waals surface area contributed by atoms with Gasteiger partial charge in [-0.15, -0.1) is 0 Å². The van der Waals surface area contributed by atoms with Crippen LogP contribution in [0.4, 0.5) is 5.69 Å². The van der Waals surface area contributed by atoms with Crippen LogP contribution in [0.2, 0.25) is 0 Å². The van der Waals surface area contributed by atoms with Crippen molar-refractivity contribution >= 4 is 21.6 Å². The molecule has 0 spiro atoms. The summed E-state index contributed by atoms with van der Waals surface area (Å²) in [4.78, 5) is 11.9. The minimum atomic E-state index is -3.87. The van der Waals surface area contributed by atoms with E-state index in [9.17, 15) is 13.2 Å². The second kappa shape index (κ2) is 5.28. The Morgan fingerprint density at radius 3 is 2.63 bits per heavy atom. The summed E-state index contributed by atoms with van der Waals surface area (Å²) in [5, 5.41) is 7.65. The molecule has 1 amide bonds. The topological polar surface area (TPSA) is 98.5 Å². The molecule has 0 saturated carbocycles. The standard InChI is InChI=1S/C12H16N2O4S/c1-8-6-7-10(18-8)12(15)14-9-4-2-3-5-11(9)19(13,16)17/h2-5,8,10H,6-7H2,1H3,(H,14,15)(H2,13,16,17). The van der Waals surface area contributed by atoms with Crippen LogP contribution in [0.5, 0.6) is 0 Å². The number of benzene rings is 1. The molecule has 2 rings (SSSR count). The van der Waals surface area contributed by atoms with Gasteiger partial charge in [0, 0.05) is 0 Å². The zero-order chi connectivity index (χ0) is 14.0. The van der Waals surface area contributed by atoms with E-state index in [2.05, 4.69) is 5.32 Å². The van der Waals surface area contributed by atoms with Crippen molar-refractivity contribution in [3.63, 3.8) is 0 Å². The molecule has 2 atom stereocenters. The monoisotopic (exact) mass is 284 g/mol. The second-order valence-corrected chi connectivity index (χ2v) is 6.07. The fourth-order valence-electron chi connectivity index (χ4n) is 2.03. The molecule has 7 heteroatoms. The third-order valence-corrected chi connectivity index (χ3v) is 3.94. The maximum Gasteiger partial charge on any atom is 0.253 e. The number of para-hydroxylation sites is 1. The Morgan fingerprint density at radius 2 is 2.05 bits per heavy atom. The highest BCUT2D eigenvalue weighted by Crippen LogP contribution is 2.23. The van der Waals surface area contributed by atoms with E-state index in [1.54, 1.807) is 12.1 Å². The molecule has 1 aromatic rings. The van der Waals surface area contributed by atoms with E-state index in [1.807, 2.05) is 6.92 Å². The van der Waals surface area contributed by atoms with Crippen LogP contribution in [0, 0.1) is 0 Å². The normalized spacial score (nSPS) is 23.3. The summed E-state index contributed by atoms with van der Waals surface area (Å²) in [7, 11) is -3.87. The minimum Gasteiger partial charge on any atom is -0.365 e. The van der Waals surface area contributed by atoms with E-state index in [4.69, 9.17) is 9.88 Å². The Labute approximate surface area is 112 Å². The lowest BCUT2D eigenvalue weighted by Gasteiger charge is -2.13. The molecule has 2 unspecified atom stereocenters. The fraction of sp³-hybridized carbons (Fsp3) is 0.417. The number of hydrogen-bond acceptors (Lipinski definition) is 4. The molecule has 1 fully saturated rings. The predicted octanol–water partition coefficient (Wildman–Crippen LogP) is 0.840. The first kappa shape index (κ1) is 14.0. The van der Waals surface area contributed by atoms with Crippen LogP contribution in [0.3, 0.4) is 0 Å². The molecule has 1 aliphatic heterocycles. The Balaban J connectivity index is 2.18. The molecule has 1 saturated heterocycles. The van der Waals surface area contributed by atoms with Gasteiger partial charge in [-0.1, -0.05) is 12.1 Å². The van der Waals surface area contributed by atoms with Crippen molar-refractivity contribution in [1.82, 2.24) is 0 Å². The molecule has 1 aliphatic rings. The van der Waals surface area contributed by atoms with E-state index in [0.29, 0.717) is 6.42 Å². The third-order valence-electron chi connectivity index (χ3n) is 2.98. The summed E-state index contributed by atoms with van der Waals surface area (Å²) in [6.07, 6.45) is 0.951. The van der Waals surface area contributed by atoms with Crippen molar-refractivity contribution in [2.75, 3.05) is 5.32 Å². The smallest absolute Gasteiger partial charge is 0.253 e. The van der Waals surface area contributed by atoms with Gasteiger partial charge in [-0.3, -0.25) is 4.79 Å². The van der Waals surface area contributed by atoms with Gasteiger partial charge >= 0.3 is 0 Å². The Morgan fingerprint density at radius 1 is 1.37 bits per heavy atom. The van der Waals surface area contributed by atoms with Gasteiger partial charge in [0.2, 0.25) is 10.0 Å². The van der Waals surface area contributed by atoms with Gasteiger partial charge in [0.1, 0.15) is 11.0 Å². The number of ether oxygens (including phenoxy) is 1. The summed E-state index contributed by atoms with van der Waals surface area (Å²) in [5.41, 5.74) is 0.179. The Bertz CT molecular complexity index is 585. The van der Waals surface area contributed by atoms with Crippen molar-refractivity contribution < 1.29 is 17.9 Å². The van der Waals surface area contributed by atoms with Gasteiger partial charge in [0.05, 0.1) is 11.8 Å². The van der Waals surface area contributed by atoms with Gasteiger partial charge in [0.15, 0.2) is 0 Å². The predicted molar refractivity (Wildman–Crippen MR) is 70.0 cm³/mol. The maximum atomic E-state index is 12.0. The van der Waals surface area contributed by atoms with E-state index in [-0.39, 0.29) is 22.6 Å². The van der Waals surface area contributed by atoms with Gasteiger partial charge in [0.25, 0.3) is 5.91 Å². The first-order chi connectivity index (χ1) is 8.88. The van der Waals surface area contributed by atoms with Gasteiger partial charge in [-0.2, -0.15) is 0 Å². The zero-order valence-electron chi connectivity index (χ0n) is 10.5. The molecule has 6 nitrogen and oxygen atoms in total. The summed E-state index contributed by atoms with van der Waals surface area (Å²) < 4.78 is 28.2. The molecule has 0 radical (unpaired) electrons. The average molecular weight is 284 g/mol. The Hall–Kier alpha value is -1.44. The van der Waals surface area contributed by atoms with Crippen LogP contribution in [0.15, 0.2) is 29.2 Å². The summed E-state index contributed by atoms with van der Waals surface area (Å²) in [6.45, 7) is 1.89. The number of nitrogens with one attached hydrogen (secondary N) is 1. The van der Waals surface area contributed by atoms with E-state index >= 15 is 0 Å². The molecule has 1 aromatic carbocycles. The van der Waals surface area contributed by atoms with Crippen molar-refractivity contribution in [3.05, 3.63) is 24.3 Å². The number of nitrogens with two attached hydrogens (primary N) is 1. The highest BCUT2D eigenvalue weighted by atomic mass is 32.2. The molecule has 1 heterocycles. The lowest BCUT2D eigenvalue weighted by atomic mass is 10.2. The van der Waals surface area contributed by atoms with E-state index in [1.165, 1.54) is 12.1 Å². The molecular weight excluding hydrogens is 268 g/mol. The highest BCUT2D eigenvalue weighted by Gasteiger charge is 2.29. The number of hydrogen-bond donors (Lipinski definition) is 2. The highest BCUT2D eigenvalue weighted by molar-refractivity contribution is 7.89. The number of sulfonamides is 1. The van der Waals surface area contributed by atoms with Gasteiger partial charge in [-0.25, -0.2) is 13.6 Å². The molecule has 0 bridgehead atoms. The van der Waals surface area contributed by atoms with Crippen molar-refractivity contribution in [2.45, 2.75) is 36.9 Å². The SMILES string of the molecule is CC1CCC(C(=O)Nc2ccccc2S(N)(=O)=O)O1. The third kappa shape index (κ3) is 3.31. The van der Waals surface area contributed by atoms with Crippen molar-refractivity contribution in [3.8, 4) is 0 Å². The molecule has 0 aromatic heterocycles. The number of primary sulfonamides is 1. The van der Waals surface area contributed by atoms with E-state index in [0.717, 1.165) is 6.42 Å². The molecule has 0 aliphatic carbocycles. The number of rotatable bonds is 3. The molecule has 3 N–H and O–H groups in total. The lowest BCUT2D eigenvalue weighted by molar-refractivity contribution is -0.126. The van der Waals surface area contributed by atoms with E-state index < -0.39 is 16.1 Å². The first-order valence-corrected chi connectivity index (χ1v) is 7.50. The van der Waals surface area contributed by atoms with Crippen LogP contribution in [0.25, 0.3) is 0 Å². The average Bonchev–Trinajstić information content (AvgIpc) is 2.75. The number of anilines is 1. The quantitative estimate of drug-likeness (QED) is 0.859. The number of carbonyl (C=O) groups is 1. The second-order valence-electron chi connectivity index (χ2n) is 4.54. The minimum absolute atomic E-state index is 0.0456. The Kier molecular flexibility index (Phi) is 3.88. The van der Waals surface area contributed by atoms with Crippen LogP contribution in [-0.4, -0.2) is 26.5 Å². The maximum absolute atomic E-state index is 12.0. The van der Waals surface area contributed by atoms with Crippen LogP contribution in [-0.2, 0) is 19.6 Å². The summed E-state index contributed by atoms with van der Waals surface area (Å²) in [6, 6.07) is 6.02. The fourth-order valence-corrected chi connectivity index (χ4v) is 2.72. The first-order valence-electron chi connectivity index (χ1n) is 5.96. The van der Waals surface area contributed by atoms with Crippen LogP contribution in [0.1, 0.15) is 19.8 Å². The largest absolute Gasteiger partial charge is 0.365 e. The lowest BCUT2D eigenvalue weighted by Crippen LogP contribution is -2.28. The van der Waals surface area contributed by atoms with Crippen LogP contribution >= 0.6 is 0 Å². The molecule has 104 valence electrons.